The van der Waals surface area contributed by atoms with E-state index in [1.807, 2.05) is 6.07 Å². The number of amides is 4. The van der Waals surface area contributed by atoms with Crippen LogP contribution in [0.15, 0.2) is 24.4 Å². The van der Waals surface area contributed by atoms with Gasteiger partial charge in [0.05, 0.1) is 18.3 Å². The van der Waals surface area contributed by atoms with E-state index in [0.29, 0.717) is 77.3 Å². The topological polar surface area (TPSA) is 282 Å². The van der Waals surface area contributed by atoms with Crippen LogP contribution in [0.25, 0.3) is 0 Å². The Hall–Kier alpha value is -5.13. The summed E-state index contributed by atoms with van der Waals surface area (Å²) in [5, 5.41) is 46.6. The minimum Gasteiger partial charge on any atom is -0.481 e. The van der Waals surface area contributed by atoms with Gasteiger partial charge in [0, 0.05) is 38.5 Å². The van der Waals surface area contributed by atoms with Crippen molar-refractivity contribution in [3.8, 4) is 0 Å². The molecule has 18 nitrogen and oxygen atoms in total. The van der Waals surface area contributed by atoms with E-state index in [0.717, 1.165) is 5.69 Å². The zero-order chi connectivity index (χ0) is 38.7. The average molecular weight is 737 g/mol. The van der Waals surface area contributed by atoms with E-state index in [1.54, 1.807) is 23.2 Å². The van der Waals surface area contributed by atoms with Gasteiger partial charge in [-0.05, 0) is 76.5 Å². The highest BCUT2D eigenvalue weighted by molar-refractivity contribution is 5.84. The van der Waals surface area contributed by atoms with Gasteiger partial charge >= 0.3 is 29.9 Å². The summed E-state index contributed by atoms with van der Waals surface area (Å²) < 4.78 is 0. The molecule has 1 heterocycles. The lowest BCUT2D eigenvalue weighted by atomic mass is 10.1. The van der Waals surface area contributed by atoms with Crippen LogP contribution in [0.5, 0.6) is 0 Å². The Balaban J connectivity index is 2.21. The van der Waals surface area contributed by atoms with E-state index in [-0.39, 0.29) is 56.9 Å². The van der Waals surface area contributed by atoms with E-state index in [9.17, 15) is 53.7 Å². The zero-order valence-electron chi connectivity index (χ0n) is 29.3. The number of unbranched alkanes of at least 4 members (excludes halogenated alkanes) is 5. The number of pyridine rings is 1. The Kier molecular flexibility index (Phi) is 23.0. The summed E-state index contributed by atoms with van der Waals surface area (Å²) in [6, 6.07) is 1.11. The number of rotatable bonds is 30. The SMILES string of the molecule is O=CC(CCC(=O)O)NC(=O)NC(CCCCNC(=O)CCCCCCC(=O)NC(CCCCN(CC(=O)O)Cc1ccccn1)C(=O)O)C(=O)O. The van der Waals surface area contributed by atoms with Gasteiger partial charge < -0.3 is 46.5 Å². The van der Waals surface area contributed by atoms with Crippen molar-refractivity contribution in [1.82, 2.24) is 31.2 Å². The first-order valence-corrected chi connectivity index (χ1v) is 17.4. The van der Waals surface area contributed by atoms with Gasteiger partial charge in [0.2, 0.25) is 11.8 Å². The van der Waals surface area contributed by atoms with Gasteiger partial charge in [-0.15, -0.1) is 0 Å². The summed E-state index contributed by atoms with van der Waals surface area (Å²) in [6.07, 6.45) is 6.49. The van der Waals surface area contributed by atoms with Crippen molar-refractivity contribution in [3.05, 3.63) is 30.1 Å². The summed E-state index contributed by atoms with van der Waals surface area (Å²) >= 11 is 0. The van der Waals surface area contributed by atoms with Gasteiger partial charge in [0.25, 0.3) is 0 Å². The molecule has 0 aliphatic rings. The van der Waals surface area contributed by atoms with Crippen molar-refractivity contribution in [2.45, 2.75) is 115 Å². The minimum atomic E-state index is -1.28. The molecule has 290 valence electrons. The molecule has 3 unspecified atom stereocenters. The molecule has 0 bridgehead atoms. The summed E-state index contributed by atoms with van der Waals surface area (Å²) in [5.74, 6) is -5.10. The largest absolute Gasteiger partial charge is 0.481 e. The molecule has 0 saturated carbocycles. The van der Waals surface area contributed by atoms with Crippen molar-refractivity contribution < 1.29 is 58.8 Å². The highest BCUT2D eigenvalue weighted by Crippen LogP contribution is 2.09. The van der Waals surface area contributed by atoms with E-state index < -0.39 is 48.0 Å². The molecule has 0 saturated heterocycles. The number of hydrogen-bond donors (Lipinski definition) is 8. The van der Waals surface area contributed by atoms with Gasteiger partial charge in [-0.2, -0.15) is 0 Å². The number of aromatic nitrogens is 1. The van der Waals surface area contributed by atoms with Crippen molar-refractivity contribution in [1.29, 1.82) is 0 Å². The Morgan fingerprint density at radius 2 is 1.33 bits per heavy atom. The molecule has 8 N–H and O–H groups in total. The third kappa shape index (κ3) is 22.6. The molecule has 0 aromatic carbocycles. The van der Waals surface area contributed by atoms with Crippen molar-refractivity contribution in [2.75, 3.05) is 19.6 Å². The summed E-state index contributed by atoms with van der Waals surface area (Å²) in [7, 11) is 0. The predicted molar refractivity (Wildman–Crippen MR) is 185 cm³/mol. The first-order valence-electron chi connectivity index (χ1n) is 17.4. The van der Waals surface area contributed by atoms with Crippen LogP contribution in [-0.4, -0.2) is 116 Å². The molecule has 0 aliphatic carbocycles. The second kappa shape index (κ2) is 26.6. The molecule has 3 atom stereocenters. The maximum atomic E-state index is 12.4. The number of aliphatic carboxylic acids is 4. The number of carboxylic acids is 4. The van der Waals surface area contributed by atoms with Gasteiger partial charge in [0.15, 0.2) is 0 Å². The van der Waals surface area contributed by atoms with Gasteiger partial charge in [-0.3, -0.25) is 29.1 Å². The van der Waals surface area contributed by atoms with Gasteiger partial charge in [-0.1, -0.05) is 18.9 Å². The first kappa shape index (κ1) is 44.9. The van der Waals surface area contributed by atoms with Gasteiger partial charge in [-0.25, -0.2) is 14.4 Å². The van der Waals surface area contributed by atoms with Crippen LogP contribution in [0, 0.1) is 0 Å². The van der Waals surface area contributed by atoms with E-state index in [2.05, 4.69) is 26.3 Å². The number of carbonyl (C=O) groups excluding carboxylic acids is 4. The standard InChI is InChI=1S/C34H52N6O12/c41-23-25(16-17-30(44)45)37-34(52)39-27(33(50)51)12-6-9-19-36-28(42)14-3-1-2-4-15-29(43)38-26(32(48)49)13-7-10-20-40(22-31(46)47)21-24-11-5-8-18-35-24/h5,8,11,18,23,25-27H,1-4,6-7,9-10,12-17,19-22H2,(H,36,42)(H,38,43)(H,44,45)(H,46,47)(H,48,49)(H,50,51)(H2,37,39,52). The fourth-order valence-corrected chi connectivity index (χ4v) is 5.13. The molecule has 52 heavy (non-hydrogen) atoms. The lowest BCUT2D eigenvalue weighted by Gasteiger charge is -2.20. The average Bonchev–Trinajstić information content (AvgIpc) is 3.08. The van der Waals surface area contributed by atoms with E-state index >= 15 is 0 Å². The summed E-state index contributed by atoms with van der Waals surface area (Å²) in [4.78, 5) is 98.6. The highest BCUT2D eigenvalue weighted by Gasteiger charge is 2.22. The number of carboxylic acid groups (broad SMARTS) is 4. The van der Waals surface area contributed by atoms with Gasteiger partial charge in [0.1, 0.15) is 18.4 Å². The Bertz CT molecular complexity index is 1300. The van der Waals surface area contributed by atoms with E-state index in [1.165, 1.54) is 0 Å². The third-order valence-electron chi connectivity index (χ3n) is 7.87. The maximum absolute atomic E-state index is 12.4. The molecule has 4 amide bonds. The monoisotopic (exact) mass is 736 g/mol. The Morgan fingerprint density at radius 1 is 0.692 bits per heavy atom. The number of nitrogens with zero attached hydrogens (tertiary/aromatic N) is 2. The number of aldehydes is 1. The molecular formula is C34H52N6O12. The zero-order valence-corrected chi connectivity index (χ0v) is 29.3. The molecule has 1 aromatic heterocycles. The number of carbonyl (C=O) groups is 8. The smallest absolute Gasteiger partial charge is 0.326 e. The maximum Gasteiger partial charge on any atom is 0.326 e. The normalized spacial score (nSPS) is 12.6. The summed E-state index contributed by atoms with van der Waals surface area (Å²) in [6.45, 7) is 0.910. The number of hydrogen-bond acceptors (Lipinski definition) is 10. The summed E-state index contributed by atoms with van der Waals surface area (Å²) in [5.41, 5.74) is 0.728. The molecule has 1 rings (SSSR count). The molecule has 0 aliphatic heterocycles. The second-order valence-electron chi connectivity index (χ2n) is 12.3. The number of nitrogens with one attached hydrogen (secondary N) is 4. The molecular weight excluding hydrogens is 684 g/mol. The van der Waals surface area contributed by atoms with Crippen molar-refractivity contribution in [3.63, 3.8) is 0 Å². The fourth-order valence-electron chi connectivity index (χ4n) is 5.13. The van der Waals surface area contributed by atoms with Crippen LogP contribution in [0.3, 0.4) is 0 Å². The second-order valence-corrected chi connectivity index (χ2v) is 12.3. The minimum absolute atomic E-state index is 0.0704. The van der Waals surface area contributed by atoms with Crippen LogP contribution in [0.1, 0.15) is 95.6 Å². The Labute approximate surface area is 302 Å². The van der Waals surface area contributed by atoms with Crippen LogP contribution in [-0.2, 0) is 40.1 Å². The Morgan fingerprint density at radius 3 is 1.90 bits per heavy atom. The highest BCUT2D eigenvalue weighted by atomic mass is 16.4. The van der Waals surface area contributed by atoms with E-state index in [4.69, 9.17) is 5.11 Å². The van der Waals surface area contributed by atoms with Crippen molar-refractivity contribution in [2.24, 2.45) is 0 Å². The fraction of sp³-hybridized carbons (Fsp3) is 0.618. The molecule has 0 fully saturated rings. The number of urea groups is 1. The van der Waals surface area contributed by atoms with Crippen LogP contribution in [0.4, 0.5) is 4.79 Å². The molecule has 1 aromatic rings. The lowest BCUT2D eigenvalue weighted by Crippen LogP contribution is -2.49. The van der Waals surface area contributed by atoms with Crippen LogP contribution < -0.4 is 21.3 Å². The van der Waals surface area contributed by atoms with Crippen LogP contribution in [0.2, 0.25) is 0 Å². The quantitative estimate of drug-likeness (QED) is 0.0411. The predicted octanol–water partition coefficient (Wildman–Crippen LogP) is 1.52. The molecule has 0 spiro atoms. The lowest BCUT2D eigenvalue weighted by molar-refractivity contribution is -0.142. The van der Waals surface area contributed by atoms with Crippen molar-refractivity contribution >= 4 is 48.0 Å². The first-order chi connectivity index (χ1) is 24.8. The molecule has 18 heteroatoms. The molecule has 0 radical (unpaired) electrons. The third-order valence-corrected chi connectivity index (χ3v) is 7.87. The van der Waals surface area contributed by atoms with Crippen LogP contribution >= 0.6 is 0 Å².